The summed E-state index contributed by atoms with van der Waals surface area (Å²) in [7, 11) is 0. The molecule has 0 aliphatic carbocycles. The van der Waals surface area contributed by atoms with Gasteiger partial charge in [0.2, 0.25) is 0 Å². The van der Waals surface area contributed by atoms with Crippen molar-refractivity contribution in [2.75, 3.05) is 0 Å². The molecule has 4 heteroatoms. The zero-order chi connectivity index (χ0) is 2.71. The van der Waals surface area contributed by atoms with Gasteiger partial charge in [0.25, 0.3) is 0 Å². The van der Waals surface area contributed by atoms with Crippen LogP contribution in [0.3, 0.4) is 0 Å². The van der Waals surface area contributed by atoms with E-state index in [0.717, 1.165) is 0 Å². The van der Waals surface area contributed by atoms with Crippen molar-refractivity contribution in [2.24, 2.45) is 0 Å². The molecule has 1 nitrogen and oxygen atoms in total. The van der Waals surface area contributed by atoms with Crippen LogP contribution in [0, 0.1) is 0 Å². The van der Waals surface area contributed by atoms with Gasteiger partial charge in [-0.05, 0) is 0 Å². The molecular formula is Cl2OY. The minimum absolute atomic E-state index is 0. The zero-order valence-electron chi connectivity index (χ0n) is 1.74. The molecule has 0 aromatic carbocycles. The minimum atomic E-state index is 0. The van der Waals surface area contributed by atoms with E-state index in [1.165, 1.54) is 0 Å². The molecule has 0 saturated carbocycles. The van der Waals surface area contributed by atoms with Crippen molar-refractivity contribution in [3.8, 4) is 0 Å². The molecule has 0 aromatic rings. The first-order valence-corrected chi connectivity index (χ1v) is 0.926. The van der Waals surface area contributed by atoms with Crippen LogP contribution in [0.15, 0.2) is 0 Å². The van der Waals surface area contributed by atoms with E-state index in [9.17, 15) is 0 Å². The molecule has 0 fully saturated rings. The van der Waals surface area contributed by atoms with Gasteiger partial charge < -0.3 is 0 Å². The summed E-state index contributed by atoms with van der Waals surface area (Å²) in [6, 6.07) is 0. The maximum absolute atomic E-state index is 4.26. The van der Waals surface area contributed by atoms with Gasteiger partial charge in [-0.3, -0.25) is 0 Å². The Labute approximate surface area is 59.8 Å². The monoisotopic (exact) mass is 175 g/mol. The van der Waals surface area contributed by atoms with Crippen LogP contribution < -0.4 is 0 Å². The van der Waals surface area contributed by atoms with Crippen molar-refractivity contribution >= 4 is 23.7 Å². The Morgan fingerprint density at radius 3 is 1.25 bits per heavy atom. The molecule has 0 aliphatic heterocycles. The number of halogens is 2. The van der Waals surface area contributed by atoms with Crippen LogP contribution in [0.2, 0.25) is 0 Å². The molecule has 0 aliphatic rings. The van der Waals surface area contributed by atoms with E-state index in [1.807, 2.05) is 0 Å². The van der Waals surface area contributed by atoms with Crippen molar-refractivity contribution in [1.29, 1.82) is 0 Å². The topological polar surface area (TPSA) is 9.23 Å². The summed E-state index contributed by atoms with van der Waals surface area (Å²) in [6.45, 7) is 0. The average molecular weight is 176 g/mol. The first kappa shape index (κ1) is 9.17. The van der Waals surface area contributed by atoms with Crippen molar-refractivity contribution < 1.29 is 36.6 Å². The first-order valence-electron chi connectivity index (χ1n) is 0.309. The summed E-state index contributed by atoms with van der Waals surface area (Å²) in [5.74, 6) is 0. The van der Waals surface area contributed by atoms with E-state index in [2.05, 4.69) is 27.6 Å². The van der Waals surface area contributed by atoms with Gasteiger partial charge >= 0.3 is 0 Å². The summed E-state index contributed by atoms with van der Waals surface area (Å²) < 4.78 is 3.19. The predicted molar refractivity (Wildman–Crippen MR) is 12.8 cm³/mol. The van der Waals surface area contributed by atoms with Gasteiger partial charge in [0, 0.05) is 32.7 Å². The average Bonchev–Trinajstić information content (AvgIpc) is 0.918. The molecule has 0 heterocycles. The molecule has 0 bridgehead atoms. The van der Waals surface area contributed by atoms with Crippen molar-refractivity contribution in [3.05, 3.63) is 0 Å². The fourth-order valence-corrected chi connectivity index (χ4v) is 0. The van der Waals surface area contributed by atoms with Crippen molar-refractivity contribution in [3.63, 3.8) is 0 Å². The maximum Gasteiger partial charge on any atom is 0.0832 e. The molecule has 0 spiro atoms. The van der Waals surface area contributed by atoms with Gasteiger partial charge in [-0.2, -0.15) is 3.84 Å². The number of rotatable bonds is 0. The molecule has 0 rings (SSSR count). The normalized spacial score (nSPS) is 4.50. The summed E-state index contributed by atoms with van der Waals surface area (Å²) >= 11 is 8.53. The molecule has 0 N–H and O–H groups in total. The molecule has 0 amide bonds. The molecule has 0 aromatic heterocycles. The molecule has 0 atom stereocenters. The first-order chi connectivity index (χ1) is 1.41. The Hall–Kier alpha value is 1.64. The SMILES string of the molecule is ClOCl.[Y]. The Morgan fingerprint density at radius 2 is 1.25 bits per heavy atom. The fraction of sp³-hybridized carbons (Fsp3) is 0. The van der Waals surface area contributed by atoms with Crippen LogP contribution in [0.1, 0.15) is 0 Å². The van der Waals surface area contributed by atoms with Gasteiger partial charge in [-0.15, -0.1) is 0 Å². The molecule has 23 valence electrons. The molecule has 4 heavy (non-hydrogen) atoms. The molecule has 0 saturated heterocycles. The van der Waals surface area contributed by atoms with Crippen LogP contribution in [-0.2, 0) is 36.6 Å². The second kappa shape index (κ2) is 8.82. The summed E-state index contributed by atoms with van der Waals surface area (Å²) in [5.41, 5.74) is 0. The standard InChI is InChI=1S/Cl2O.Y/c1-3-2;. The third-order valence-corrected chi connectivity index (χ3v) is 0. The van der Waals surface area contributed by atoms with Gasteiger partial charge in [0.05, 0.1) is 23.7 Å². The van der Waals surface area contributed by atoms with Gasteiger partial charge in [0.15, 0.2) is 0 Å². The summed E-state index contributed by atoms with van der Waals surface area (Å²) in [4.78, 5) is 0. The second-order valence-electron chi connectivity index (χ2n) is 0.0583. The molecular weight excluding hydrogens is 176 g/mol. The van der Waals surface area contributed by atoms with E-state index in [4.69, 9.17) is 0 Å². The van der Waals surface area contributed by atoms with E-state index < -0.39 is 0 Å². The maximum atomic E-state index is 4.26. The third-order valence-electron chi connectivity index (χ3n) is 0. The van der Waals surface area contributed by atoms with E-state index in [0.29, 0.717) is 0 Å². The molecule has 0 unspecified atom stereocenters. The van der Waals surface area contributed by atoms with Crippen LogP contribution >= 0.6 is 23.7 Å². The van der Waals surface area contributed by atoms with Gasteiger partial charge in [-0.1, -0.05) is 0 Å². The summed E-state index contributed by atoms with van der Waals surface area (Å²) in [6.07, 6.45) is 0. The Balaban J connectivity index is 0. The van der Waals surface area contributed by atoms with Crippen molar-refractivity contribution in [2.45, 2.75) is 0 Å². The van der Waals surface area contributed by atoms with E-state index in [-0.39, 0.29) is 32.7 Å². The van der Waals surface area contributed by atoms with Crippen LogP contribution in [0.25, 0.3) is 0 Å². The van der Waals surface area contributed by atoms with Crippen LogP contribution in [0.5, 0.6) is 0 Å². The predicted octanol–water partition coefficient (Wildman–Crippen LogP) is 1.31. The van der Waals surface area contributed by atoms with E-state index in [1.54, 1.807) is 0 Å². The number of hydrogen-bond acceptors (Lipinski definition) is 1. The minimum Gasteiger partial charge on any atom is -0.166 e. The Morgan fingerprint density at radius 1 is 1.25 bits per heavy atom. The van der Waals surface area contributed by atoms with Gasteiger partial charge in [-0.25, -0.2) is 0 Å². The molecule has 1 radical (unpaired) electrons. The van der Waals surface area contributed by atoms with E-state index >= 15 is 0 Å². The Kier molecular flexibility index (Phi) is 20.2. The quantitative estimate of drug-likeness (QED) is 0.540. The smallest absolute Gasteiger partial charge is 0.0832 e. The fourth-order valence-electron chi connectivity index (χ4n) is 0. The van der Waals surface area contributed by atoms with Crippen LogP contribution in [-0.4, -0.2) is 0 Å². The van der Waals surface area contributed by atoms with Gasteiger partial charge in [0.1, 0.15) is 0 Å². The summed E-state index contributed by atoms with van der Waals surface area (Å²) in [5, 5.41) is 0. The van der Waals surface area contributed by atoms with Crippen molar-refractivity contribution in [1.82, 2.24) is 0 Å². The third kappa shape index (κ3) is 9.43. The Bertz CT molecular complexity index is 6.00. The van der Waals surface area contributed by atoms with Crippen LogP contribution in [0.4, 0.5) is 0 Å². The second-order valence-corrected chi connectivity index (χ2v) is 0.525. The largest absolute Gasteiger partial charge is 0.166 e. The number of hydrogen-bond donors (Lipinski definition) is 0. The zero-order valence-corrected chi connectivity index (χ0v) is 6.09.